The number of rotatable bonds is 9. The van der Waals surface area contributed by atoms with Crippen molar-refractivity contribution in [2.45, 2.75) is 37.6 Å². The van der Waals surface area contributed by atoms with Crippen molar-refractivity contribution >= 4 is 21.7 Å². The average Bonchev–Trinajstić information content (AvgIpc) is 2.81. The average molecular weight is 453 g/mol. The number of amides is 1. The Morgan fingerprint density at radius 3 is 2.16 bits per heavy atom. The molecule has 1 unspecified atom stereocenters. The van der Waals surface area contributed by atoms with E-state index >= 15 is 0 Å². The minimum Gasteiger partial charge on any atom is -0.744 e. The monoisotopic (exact) mass is 452 g/mol. The maximum absolute atomic E-state index is 13.0. The van der Waals surface area contributed by atoms with Crippen LogP contribution in [-0.4, -0.2) is 25.5 Å². The lowest BCUT2D eigenvalue weighted by Crippen LogP contribution is -2.34. The van der Waals surface area contributed by atoms with E-state index in [0.717, 1.165) is 12.0 Å². The molecule has 0 aliphatic rings. The van der Waals surface area contributed by atoms with E-state index in [1.165, 1.54) is 34.7 Å². The fraction of sp³-hybridized carbons (Fsp3) is 0.240. The molecule has 0 aromatic heterocycles. The smallest absolute Gasteiger partial charge is 0.265 e. The van der Waals surface area contributed by atoms with Crippen molar-refractivity contribution < 1.29 is 22.5 Å². The van der Waals surface area contributed by atoms with Crippen molar-refractivity contribution in [2.24, 2.45) is 0 Å². The maximum Gasteiger partial charge on any atom is 0.265 e. The fourth-order valence-electron chi connectivity index (χ4n) is 3.23. The molecule has 3 rings (SSSR count). The summed E-state index contributed by atoms with van der Waals surface area (Å²) in [4.78, 5) is 14.2. The van der Waals surface area contributed by atoms with Crippen molar-refractivity contribution in [3.05, 3.63) is 90.0 Å². The highest BCUT2D eigenvalue weighted by Crippen LogP contribution is 2.23. The Balaban J connectivity index is 1.77. The zero-order valence-electron chi connectivity index (χ0n) is 18.1. The van der Waals surface area contributed by atoms with Crippen LogP contribution in [0.4, 0.5) is 5.69 Å². The predicted molar refractivity (Wildman–Crippen MR) is 123 cm³/mol. The van der Waals surface area contributed by atoms with Crippen LogP contribution in [0.5, 0.6) is 5.75 Å². The topological polar surface area (TPSA) is 86.7 Å². The van der Waals surface area contributed by atoms with Crippen molar-refractivity contribution in [1.29, 1.82) is 0 Å². The number of hydrogen-bond acceptors (Lipinski definition) is 5. The van der Waals surface area contributed by atoms with Crippen LogP contribution in [0, 0.1) is 0 Å². The lowest BCUT2D eigenvalue weighted by molar-refractivity contribution is -0.120. The standard InChI is InChI=1S/C25H27NO5S/c1-3-19(2)21-9-13-23(14-10-21)31-18-25(27)26(17-20-7-5-4-6-8-20)22-11-15-24(16-12-22)32(28,29)30/h4-16,19H,3,17-18H2,1-2H3,(H,28,29,30)/p-1. The summed E-state index contributed by atoms with van der Waals surface area (Å²) in [7, 11) is -4.56. The van der Waals surface area contributed by atoms with Crippen molar-refractivity contribution in [1.82, 2.24) is 0 Å². The summed E-state index contributed by atoms with van der Waals surface area (Å²) in [6.07, 6.45) is 1.04. The van der Waals surface area contributed by atoms with Gasteiger partial charge in [-0.05, 0) is 59.9 Å². The molecule has 0 saturated carbocycles. The van der Waals surface area contributed by atoms with Gasteiger partial charge in [-0.25, -0.2) is 8.42 Å². The first-order valence-electron chi connectivity index (χ1n) is 10.4. The minimum absolute atomic E-state index is 0.183. The summed E-state index contributed by atoms with van der Waals surface area (Å²) >= 11 is 0. The first-order valence-corrected chi connectivity index (χ1v) is 11.8. The molecule has 3 aromatic rings. The molecule has 0 heterocycles. The van der Waals surface area contributed by atoms with Crippen LogP contribution in [-0.2, 0) is 21.5 Å². The Labute approximate surface area is 189 Å². The first-order chi connectivity index (χ1) is 15.3. The van der Waals surface area contributed by atoms with E-state index in [-0.39, 0.29) is 24.0 Å². The second kappa shape index (κ2) is 10.4. The Bertz CT molecular complexity index is 1130. The van der Waals surface area contributed by atoms with Gasteiger partial charge in [0.1, 0.15) is 15.9 Å². The molecular formula is C25H26NO5S-. The summed E-state index contributed by atoms with van der Waals surface area (Å²) in [5, 5.41) is 0. The third-order valence-electron chi connectivity index (χ3n) is 5.35. The fourth-order valence-corrected chi connectivity index (χ4v) is 3.70. The van der Waals surface area contributed by atoms with Crippen LogP contribution in [0.2, 0.25) is 0 Å². The van der Waals surface area contributed by atoms with Crippen molar-refractivity contribution in [3.8, 4) is 5.75 Å². The van der Waals surface area contributed by atoms with E-state index in [2.05, 4.69) is 13.8 Å². The number of ether oxygens (including phenoxy) is 1. The lowest BCUT2D eigenvalue weighted by Gasteiger charge is -2.24. The molecule has 0 aliphatic heterocycles. The Kier molecular flexibility index (Phi) is 7.66. The zero-order chi connectivity index (χ0) is 23.1. The number of carbonyl (C=O) groups excluding carboxylic acids is 1. The van der Waals surface area contributed by atoms with E-state index in [1.54, 1.807) is 0 Å². The first kappa shape index (κ1) is 23.5. The molecule has 7 heteroatoms. The molecule has 168 valence electrons. The van der Waals surface area contributed by atoms with Gasteiger partial charge < -0.3 is 14.2 Å². The van der Waals surface area contributed by atoms with E-state index in [1.807, 2.05) is 54.6 Å². The lowest BCUT2D eigenvalue weighted by atomic mass is 9.99. The number of nitrogens with zero attached hydrogens (tertiary/aromatic N) is 1. The molecule has 1 amide bonds. The van der Waals surface area contributed by atoms with Gasteiger partial charge in [0.15, 0.2) is 6.61 Å². The molecular weight excluding hydrogens is 426 g/mol. The number of carbonyl (C=O) groups is 1. The van der Waals surface area contributed by atoms with E-state index in [9.17, 15) is 17.8 Å². The number of hydrogen-bond donors (Lipinski definition) is 0. The van der Waals surface area contributed by atoms with Crippen LogP contribution in [0.15, 0.2) is 83.8 Å². The molecule has 0 saturated heterocycles. The molecule has 0 aliphatic carbocycles. The van der Waals surface area contributed by atoms with Crippen LogP contribution in [0.3, 0.4) is 0 Å². The minimum atomic E-state index is -4.56. The highest BCUT2D eigenvalue weighted by Gasteiger charge is 2.18. The Morgan fingerprint density at radius 2 is 1.59 bits per heavy atom. The zero-order valence-corrected chi connectivity index (χ0v) is 18.9. The van der Waals surface area contributed by atoms with Gasteiger partial charge >= 0.3 is 0 Å². The van der Waals surface area contributed by atoms with Crippen LogP contribution < -0.4 is 9.64 Å². The number of anilines is 1. The van der Waals surface area contributed by atoms with Crippen LogP contribution >= 0.6 is 0 Å². The van der Waals surface area contributed by atoms with E-state index in [4.69, 9.17) is 4.74 Å². The molecule has 3 aromatic carbocycles. The van der Waals surface area contributed by atoms with Gasteiger partial charge in [0.2, 0.25) is 0 Å². The van der Waals surface area contributed by atoms with Gasteiger partial charge in [0, 0.05) is 5.69 Å². The molecule has 0 radical (unpaired) electrons. The van der Waals surface area contributed by atoms with Crippen LogP contribution in [0.1, 0.15) is 37.3 Å². The summed E-state index contributed by atoms with van der Waals surface area (Å²) in [6.45, 7) is 4.38. The predicted octanol–water partition coefficient (Wildman–Crippen LogP) is 4.72. The molecule has 1 atom stereocenters. The van der Waals surface area contributed by atoms with Gasteiger partial charge in [-0.15, -0.1) is 0 Å². The molecule has 0 bridgehead atoms. The van der Waals surface area contributed by atoms with E-state index < -0.39 is 10.1 Å². The van der Waals surface area contributed by atoms with Crippen LogP contribution in [0.25, 0.3) is 0 Å². The summed E-state index contributed by atoms with van der Waals surface area (Å²) in [5.41, 5.74) is 2.59. The second-order valence-electron chi connectivity index (χ2n) is 7.58. The third-order valence-corrected chi connectivity index (χ3v) is 6.19. The second-order valence-corrected chi connectivity index (χ2v) is 8.96. The summed E-state index contributed by atoms with van der Waals surface area (Å²) in [6, 6.07) is 22.4. The SMILES string of the molecule is CCC(C)c1ccc(OCC(=O)N(Cc2ccccc2)c2ccc(S(=O)(=O)[O-])cc2)cc1. The largest absolute Gasteiger partial charge is 0.744 e. The van der Waals surface area contributed by atoms with Gasteiger partial charge in [0.25, 0.3) is 5.91 Å². The third kappa shape index (κ3) is 6.18. The van der Waals surface area contributed by atoms with Gasteiger partial charge in [-0.2, -0.15) is 0 Å². The Hall–Kier alpha value is -3.16. The van der Waals surface area contributed by atoms with E-state index in [0.29, 0.717) is 17.4 Å². The molecule has 0 spiro atoms. The maximum atomic E-state index is 13.0. The molecule has 6 nitrogen and oxygen atoms in total. The number of benzene rings is 3. The summed E-state index contributed by atoms with van der Waals surface area (Å²) in [5.74, 6) is 0.753. The molecule has 0 N–H and O–H groups in total. The Morgan fingerprint density at radius 1 is 0.969 bits per heavy atom. The molecule has 32 heavy (non-hydrogen) atoms. The highest BCUT2D eigenvalue weighted by molar-refractivity contribution is 7.85. The molecule has 0 fully saturated rings. The summed E-state index contributed by atoms with van der Waals surface area (Å²) < 4.78 is 39.4. The van der Waals surface area contributed by atoms with Crippen molar-refractivity contribution in [2.75, 3.05) is 11.5 Å². The van der Waals surface area contributed by atoms with Gasteiger partial charge in [-0.1, -0.05) is 56.3 Å². The van der Waals surface area contributed by atoms with Gasteiger partial charge in [0.05, 0.1) is 11.4 Å². The van der Waals surface area contributed by atoms with Gasteiger partial charge in [-0.3, -0.25) is 4.79 Å². The quantitative estimate of drug-likeness (QED) is 0.439. The highest BCUT2D eigenvalue weighted by atomic mass is 32.2. The van der Waals surface area contributed by atoms with Crippen molar-refractivity contribution in [3.63, 3.8) is 0 Å². The normalized spacial score (nSPS) is 12.2.